The zero-order valence-electron chi connectivity index (χ0n) is 10.6. The van der Waals surface area contributed by atoms with Crippen LogP contribution in [0.25, 0.3) is 0 Å². The Morgan fingerprint density at radius 1 is 1.50 bits per heavy atom. The molecule has 2 unspecified atom stereocenters. The molecule has 1 saturated heterocycles. The van der Waals surface area contributed by atoms with Gasteiger partial charge < -0.3 is 15.4 Å². The predicted molar refractivity (Wildman–Crippen MR) is 74.7 cm³/mol. The number of hydrogen-bond donors (Lipinski definition) is 2. The van der Waals surface area contributed by atoms with Crippen LogP contribution >= 0.6 is 11.6 Å². The van der Waals surface area contributed by atoms with Gasteiger partial charge in [-0.2, -0.15) is 0 Å². The fraction of sp³-hybridized carbons (Fsp3) is 0.462. The number of benzene rings is 1. The standard InChI is InChI=1S/C13H18ClN3O/c1-8-7-18-9(2)6-17(8)10-3-4-11(13(15)16)12(14)5-10/h3-5,8-9H,6-7H2,1-2H3,(H3,15,16). The molecular formula is C13H18ClN3O. The highest BCUT2D eigenvalue weighted by Gasteiger charge is 2.24. The van der Waals surface area contributed by atoms with E-state index in [1.165, 1.54) is 0 Å². The van der Waals surface area contributed by atoms with Crippen molar-refractivity contribution in [1.29, 1.82) is 5.41 Å². The number of rotatable bonds is 2. The van der Waals surface area contributed by atoms with Gasteiger partial charge in [-0.15, -0.1) is 0 Å². The number of nitrogens with one attached hydrogen (secondary N) is 1. The molecule has 1 aromatic rings. The molecule has 0 spiro atoms. The van der Waals surface area contributed by atoms with E-state index in [1.807, 2.05) is 12.1 Å². The number of amidine groups is 1. The maximum Gasteiger partial charge on any atom is 0.124 e. The molecule has 0 radical (unpaired) electrons. The Hall–Kier alpha value is -1.26. The molecule has 0 aromatic heterocycles. The van der Waals surface area contributed by atoms with Gasteiger partial charge >= 0.3 is 0 Å². The minimum Gasteiger partial charge on any atom is -0.384 e. The number of nitrogen functional groups attached to an aromatic ring is 1. The summed E-state index contributed by atoms with van der Waals surface area (Å²) in [5.74, 6) is -0.00468. The lowest BCUT2D eigenvalue weighted by Gasteiger charge is -2.38. The van der Waals surface area contributed by atoms with Crippen LogP contribution < -0.4 is 10.6 Å². The van der Waals surface area contributed by atoms with Gasteiger partial charge in [0.1, 0.15) is 5.84 Å². The van der Waals surface area contributed by atoms with Gasteiger partial charge in [-0.1, -0.05) is 11.6 Å². The molecule has 1 fully saturated rings. The predicted octanol–water partition coefficient (Wildman–Crippen LogP) is 2.24. The van der Waals surface area contributed by atoms with E-state index in [4.69, 9.17) is 27.5 Å². The second kappa shape index (κ2) is 5.16. The topological polar surface area (TPSA) is 62.3 Å². The van der Waals surface area contributed by atoms with E-state index in [9.17, 15) is 0 Å². The number of nitrogens with zero attached hydrogens (tertiary/aromatic N) is 1. The normalized spacial score (nSPS) is 24.1. The van der Waals surface area contributed by atoms with Gasteiger partial charge in [-0.05, 0) is 32.0 Å². The van der Waals surface area contributed by atoms with Crippen LogP contribution in [0.3, 0.4) is 0 Å². The van der Waals surface area contributed by atoms with E-state index in [0.717, 1.165) is 12.2 Å². The first-order chi connectivity index (χ1) is 8.49. The van der Waals surface area contributed by atoms with E-state index in [1.54, 1.807) is 6.07 Å². The van der Waals surface area contributed by atoms with Crippen LogP contribution in [-0.4, -0.2) is 31.1 Å². The monoisotopic (exact) mass is 267 g/mol. The number of anilines is 1. The molecular weight excluding hydrogens is 250 g/mol. The second-order valence-corrected chi connectivity index (χ2v) is 5.13. The van der Waals surface area contributed by atoms with E-state index >= 15 is 0 Å². The molecule has 1 aliphatic heterocycles. The molecule has 4 nitrogen and oxygen atoms in total. The molecule has 1 heterocycles. The Morgan fingerprint density at radius 3 is 2.83 bits per heavy atom. The van der Waals surface area contributed by atoms with Crippen LogP contribution in [-0.2, 0) is 4.74 Å². The molecule has 98 valence electrons. The first-order valence-electron chi connectivity index (χ1n) is 6.01. The van der Waals surface area contributed by atoms with Crippen molar-refractivity contribution in [1.82, 2.24) is 0 Å². The van der Waals surface area contributed by atoms with Crippen LogP contribution in [0.4, 0.5) is 5.69 Å². The minimum absolute atomic E-state index is 0.00468. The molecule has 0 bridgehead atoms. The highest BCUT2D eigenvalue weighted by Crippen LogP contribution is 2.27. The number of halogens is 1. The molecule has 0 saturated carbocycles. The summed E-state index contributed by atoms with van der Waals surface area (Å²) in [5, 5.41) is 7.94. The molecule has 1 aromatic carbocycles. The third-order valence-corrected chi connectivity index (χ3v) is 3.50. The third kappa shape index (κ3) is 2.60. The van der Waals surface area contributed by atoms with Gasteiger partial charge in [0.2, 0.25) is 0 Å². The first kappa shape index (κ1) is 13.2. The maximum atomic E-state index is 7.42. The van der Waals surface area contributed by atoms with E-state index in [2.05, 4.69) is 18.7 Å². The highest BCUT2D eigenvalue weighted by molar-refractivity contribution is 6.34. The van der Waals surface area contributed by atoms with Crippen LogP contribution in [0.1, 0.15) is 19.4 Å². The van der Waals surface area contributed by atoms with Gasteiger partial charge in [-0.3, -0.25) is 5.41 Å². The van der Waals surface area contributed by atoms with Gasteiger partial charge in [0.25, 0.3) is 0 Å². The number of ether oxygens (including phenoxy) is 1. The Balaban J connectivity index is 2.28. The van der Waals surface area contributed by atoms with Crippen LogP contribution in [0.15, 0.2) is 18.2 Å². The molecule has 0 amide bonds. The smallest absolute Gasteiger partial charge is 0.124 e. The van der Waals surface area contributed by atoms with Crippen molar-refractivity contribution < 1.29 is 4.74 Å². The lowest BCUT2D eigenvalue weighted by atomic mass is 10.1. The average molecular weight is 268 g/mol. The molecule has 3 N–H and O–H groups in total. The van der Waals surface area contributed by atoms with Crippen molar-refractivity contribution in [3.05, 3.63) is 28.8 Å². The van der Waals surface area contributed by atoms with Crippen molar-refractivity contribution in [3.8, 4) is 0 Å². The van der Waals surface area contributed by atoms with Crippen molar-refractivity contribution in [2.45, 2.75) is 26.0 Å². The van der Waals surface area contributed by atoms with E-state index < -0.39 is 0 Å². The summed E-state index contributed by atoms with van der Waals surface area (Å²) in [6.07, 6.45) is 0.215. The zero-order chi connectivity index (χ0) is 13.3. The zero-order valence-corrected chi connectivity index (χ0v) is 11.4. The SMILES string of the molecule is CC1CN(c2ccc(C(=N)N)c(Cl)c2)C(C)CO1. The number of hydrogen-bond acceptors (Lipinski definition) is 3. The molecule has 2 atom stereocenters. The molecule has 0 aliphatic carbocycles. The maximum absolute atomic E-state index is 7.42. The summed E-state index contributed by atoms with van der Waals surface area (Å²) in [4.78, 5) is 2.27. The summed E-state index contributed by atoms with van der Waals surface area (Å²) >= 11 is 6.15. The van der Waals surface area contributed by atoms with Gasteiger partial charge in [0.05, 0.1) is 17.7 Å². The summed E-state index contributed by atoms with van der Waals surface area (Å²) in [7, 11) is 0. The van der Waals surface area contributed by atoms with Crippen molar-refractivity contribution in [3.63, 3.8) is 0 Å². The fourth-order valence-electron chi connectivity index (χ4n) is 2.16. The second-order valence-electron chi connectivity index (χ2n) is 4.72. The van der Waals surface area contributed by atoms with Gasteiger partial charge in [-0.25, -0.2) is 0 Å². The summed E-state index contributed by atoms with van der Waals surface area (Å²) in [6, 6.07) is 5.94. The third-order valence-electron chi connectivity index (χ3n) is 3.18. The number of morpholine rings is 1. The van der Waals surface area contributed by atoms with Gasteiger partial charge in [0, 0.05) is 23.8 Å². The van der Waals surface area contributed by atoms with E-state index in [-0.39, 0.29) is 11.9 Å². The Bertz CT molecular complexity index is 464. The number of nitrogens with two attached hydrogens (primary N) is 1. The summed E-state index contributed by atoms with van der Waals surface area (Å²) < 4.78 is 5.61. The molecule has 18 heavy (non-hydrogen) atoms. The summed E-state index contributed by atoms with van der Waals surface area (Å²) in [6.45, 7) is 5.74. The van der Waals surface area contributed by atoms with Crippen LogP contribution in [0, 0.1) is 5.41 Å². The Morgan fingerprint density at radius 2 is 2.22 bits per heavy atom. The van der Waals surface area contributed by atoms with Crippen molar-refractivity contribution in [2.24, 2.45) is 5.73 Å². The summed E-state index contributed by atoms with van der Waals surface area (Å²) in [5.41, 5.74) is 7.08. The molecule has 2 rings (SSSR count). The quantitative estimate of drug-likeness (QED) is 0.638. The first-order valence-corrected chi connectivity index (χ1v) is 6.39. The van der Waals surface area contributed by atoms with Crippen molar-refractivity contribution >= 4 is 23.1 Å². The molecule has 1 aliphatic rings. The Labute approximate surface area is 112 Å². The largest absolute Gasteiger partial charge is 0.384 e. The average Bonchev–Trinajstić information content (AvgIpc) is 2.31. The lowest BCUT2D eigenvalue weighted by molar-refractivity contribution is 0.0344. The van der Waals surface area contributed by atoms with Gasteiger partial charge in [0.15, 0.2) is 0 Å². The highest BCUT2D eigenvalue weighted by atomic mass is 35.5. The van der Waals surface area contributed by atoms with Crippen LogP contribution in [0.2, 0.25) is 5.02 Å². The lowest BCUT2D eigenvalue weighted by Crippen LogP contribution is -2.47. The fourth-order valence-corrected chi connectivity index (χ4v) is 2.44. The Kier molecular flexibility index (Phi) is 3.78. The van der Waals surface area contributed by atoms with E-state index in [0.29, 0.717) is 23.2 Å². The minimum atomic E-state index is -0.00468. The van der Waals surface area contributed by atoms with Crippen LogP contribution in [0.5, 0.6) is 0 Å². The molecule has 5 heteroatoms. The van der Waals surface area contributed by atoms with Crippen molar-refractivity contribution in [2.75, 3.05) is 18.1 Å².